The number of nitrogens with one attached hydrogen (secondary N) is 2. The zero-order valence-corrected chi connectivity index (χ0v) is 18.8. The van der Waals surface area contributed by atoms with E-state index in [0.29, 0.717) is 45.2 Å². The van der Waals surface area contributed by atoms with Gasteiger partial charge >= 0.3 is 0 Å². The molecule has 1 fully saturated rings. The third kappa shape index (κ3) is 5.57. The summed E-state index contributed by atoms with van der Waals surface area (Å²) in [5.41, 5.74) is 2.33. The Morgan fingerprint density at radius 3 is 2.94 bits per heavy atom. The van der Waals surface area contributed by atoms with Crippen LogP contribution in [0.5, 0.6) is 5.75 Å². The maximum absolute atomic E-state index is 12.7. The van der Waals surface area contributed by atoms with Crippen LogP contribution in [0.15, 0.2) is 46.1 Å². The molecule has 1 saturated heterocycles. The molecule has 1 amide bonds. The van der Waals surface area contributed by atoms with Crippen molar-refractivity contribution in [1.82, 2.24) is 15.6 Å². The Hall–Kier alpha value is -2.58. The molecule has 1 aromatic carbocycles. The number of carbonyl (C=O) groups excluding carboxylic acids is 2. The molecule has 0 bridgehead atoms. The standard InChI is InChI=1S/C23H25BrN4O3/c24-20-2-1-17(12-19(20)23(30)27-10-5-15-3-7-25-8-4-15)31-14-16-11-22(29)18-6-9-26-13-21(18)28-16/h1-2,6,9,12-13,15,25H,3-5,7-8,10-11,14H2,(H,27,30). The second kappa shape index (κ2) is 10.2. The molecular formula is C23H25BrN4O3. The fraction of sp³-hybridized carbons (Fsp3) is 0.391. The van der Waals surface area contributed by atoms with E-state index in [-0.39, 0.29) is 24.7 Å². The number of carbonyl (C=O) groups is 2. The van der Waals surface area contributed by atoms with Gasteiger partial charge in [0.1, 0.15) is 12.4 Å². The molecule has 4 rings (SSSR count). The van der Waals surface area contributed by atoms with Crippen LogP contribution in [0.2, 0.25) is 0 Å². The topological polar surface area (TPSA) is 92.7 Å². The lowest BCUT2D eigenvalue weighted by Crippen LogP contribution is -2.31. The summed E-state index contributed by atoms with van der Waals surface area (Å²) in [6.07, 6.45) is 6.71. The predicted molar refractivity (Wildman–Crippen MR) is 122 cm³/mol. The monoisotopic (exact) mass is 484 g/mol. The third-order valence-electron chi connectivity index (χ3n) is 5.63. The average Bonchev–Trinajstić information content (AvgIpc) is 2.79. The quantitative estimate of drug-likeness (QED) is 0.624. The van der Waals surface area contributed by atoms with Crippen molar-refractivity contribution in [2.24, 2.45) is 10.9 Å². The lowest BCUT2D eigenvalue weighted by atomic mass is 9.95. The first-order valence-corrected chi connectivity index (χ1v) is 11.3. The summed E-state index contributed by atoms with van der Waals surface area (Å²) in [7, 11) is 0. The summed E-state index contributed by atoms with van der Waals surface area (Å²) >= 11 is 3.45. The van der Waals surface area contributed by atoms with Gasteiger partial charge < -0.3 is 15.4 Å². The number of aliphatic imine (C=N–C) groups is 1. The molecule has 0 atom stereocenters. The number of Topliss-reactive ketones (excluding diaryl/α,β-unsaturated/α-hetero) is 1. The molecule has 3 heterocycles. The average molecular weight is 485 g/mol. The van der Waals surface area contributed by atoms with Crippen molar-refractivity contribution in [3.63, 3.8) is 0 Å². The molecular weight excluding hydrogens is 460 g/mol. The van der Waals surface area contributed by atoms with Crippen molar-refractivity contribution in [3.05, 3.63) is 52.3 Å². The van der Waals surface area contributed by atoms with Gasteiger partial charge in [-0.3, -0.25) is 19.6 Å². The van der Waals surface area contributed by atoms with E-state index in [1.807, 2.05) is 0 Å². The summed E-state index contributed by atoms with van der Waals surface area (Å²) in [6.45, 7) is 2.96. The van der Waals surface area contributed by atoms with Crippen molar-refractivity contribution in [2.45, 2.75) is 25.7 Å². The molecule has 2 aromatic rings. The number of hydrogen-bond donors (Lipinski definition) is 2. The minimum Gasteiger partial charge on any atom is -0.488 e. The summed E-state index contributed by atoms with van der Waals surface area (Å²) in [5.74, 6) is 1.10. The maximum atomic E-state index is 12.7. The predicted octanol–water partition coefficient (Wildman–Crippen LogP) is 3.70. The zero-order chi connectivity index (χ0) is 21.6. The van der Waals surface area contributed by atoms with Gasteiger partial charge in [0.2, 0.25) is 0 Å². The van der Waals surface area contributed by atoms with Gasteiger partial charge in [-0.2, -0.15) is 0 Å². The van der Waals surface area contributed by atoms with Crippen molar-refractivity contribution in [2.75, 3.05) is 26.2 Å². The van der Waals surface area contributed by atoms with Crippen molar-refractivity contribution in [3.8, 4) is 5.75 Å². The molecule has 0 spiro atoms. The Bertz CT molecular complexity index is 1000. The lowest BCUT2D eigenvalue weighted by Gasteiger charge is -2.22. The molecule has 0 aliphatic carbocycles. The van der Waals surface area contributed by atoms with Gasteiger partial charge in [0.15, 0.2) is 5.78 Å². The SMILES string of the molecule is O=C(NCCC1CCNCC1)c1cc(OCC2=Nc3cnccc3C(=O)C2)ccc1Br. The van der Waals surface area contributed by atoms with E-state index in [0.717, 1.165) is 32.4 Å². The van der Waals surface area contributed by atoms with E-state index in [9.17, 15) is 9.59 Å². The van der Waals surface area contributed by atoms with Crippen LogP contribution in [0.1, 0.15) is 46.4 Å². The molecule has 0 saturated carbocycles. The molecule has 2 aliphatic rings. The lowest BCUT2D eigenvalue weighted by molar-refractivity contribution is 0.0948. The number of ketones is 1. The number of halogens is 1. The highest BCUT2D eigenvalue weighted by molar-refractivity contribution is 9.10. The third-order valence-corrected chi connectivity index (χ3v) is 6.32. The summed E-state index contributed by atoms with van der Waals surface area (Å²) < 4.78 is 6.56. The molecule has 31 heavy (non-hydrogen) atoms. The largest absolute Gasteiger partial charge is 0.488 e. The molecule has 2 aliphatic heterocycles. The fourth-order valence-corrected chi connectivity index (χ4v) is 4.30. The van der Waals surface area contributed by atoms with Crippen LogP contribution in [0.4, 0.5) is 5.69 Å². The Morgan fingerprint density at radius 1 is 1.26 bits per heavy atom. The molecule has 2 N–H and O–H groups in total. The Labute approximate surface area is 189 Å². The highest BCUT2D eigenvalue weighted by Gasteiger charge is 2.20. The van der Waals surface area contributed by atoms with Crippen LogP contribution >= 0.6 is 15.9 Å². The van der Waals surface area contributed by atoms with E-state index in [4.69, 9.17) is 4.74 Å². The number of benzene rings is 1. The van der Waals surface area contributed by atoms with Gasteiger partial charge in [0.25, 0.3) is 5.91 Å². The van der Waals surface area contributed by atoms with E-state index < -0.39 is 0 Å². The highest BCUT2D eigenvalue weighted by atomic mass is 79.9. The van der Waals surface area contributed by atoms with Crippen LogP contribution < -0.4 is 15.4 Å². The number of aromatic nitrogens is 1. The first-order chi connectivity index (χ1) is 15.1. The van der Waals surface area contributed by atoms with Gasteiger partial charge in [-0.1, -0.05) is 0 Å². The molecule has 0 unspecified atom stereocenters. The van der Waals surface area contributed by atoms with Gasteiger partial charge in [-0.15, -0.1) is 0 Å². The smallest absolute Gasteiger partial charge is 0.252 e. The van der Waals surface area contributed by atoms with Crippen molar-refractivity contribution < 1.29 is 14.3 Å². The van der Waals surface area contributed by atoms with E-state index in [2.05, 4.69) is 36.5 Å². The second-order valence-corrected chi connectivity index (χ2v) is 8.69. The zero-order valence-electron chi connectivity index (χ0n) is 17.2. The molecule has 162 valence electrons. The Morgan fingerprint density at radius 2 is 2.10 bits per heavy atom. The number of piperidine rings is 1. The molecule has 8 heteroatoms. The van der Waals surface area contributed by atoms with Crippen LogP contribution in [0, 0.1) is 5.92 Å². The van der Waals surface area contributed by atoms with E-state index >= 15 is 0 Å². The van der Waals surface area contributed by atoms with Crippen LogP contribution in [-0.2, 0) is 0 Å². The molecule has 1 aromatic heterocycles. The number of fused-ring (bicyclic) bond motifs is 1. The number of ether oxygens (including phenoxy) is 1. The van der Waals surface area contributed by atoms with Crippen LogP contribution in [0.25, 0.3) is 0 Å². The van der Waals surface area contributed by atoms with Crippen molar-refractivity contribution in [1.29, 1.82) is 0 Å². The van der Waals surface area contributed by atoms with Gasteiger partial charge in [0.05, 0.1) is 29.6 Å². The van der Waals surface area contributed by atoms with Gasteiger partial charge in [-0.05, 0) is 78.5 Å². The van der Waals surface area contributed by atoms with Crippen LogP contribution in [0.3, 0.4) is 0 Å². The van der Waals surface area contributed by atoms with Gasteiger partial charge in [-0.25, -0.2) is 0 Å². The Balaban J connectivity index is 1.35. The summed E-state index contributed by atoms with van der Waals surface area (Å²) in [5, 5.41) is 6.38. The fourth-order valence-electron chi connectivity index (χ4n) is 3.87. The summed E-state index contributed by atoms with van der Waals surface area (Å²) in [6, 6.07) is 6.98. The highest BCUT2D eigenvalue weighted by Crippen LogP contribution is 2.26. The first kappa shape index (κ1) is 21.6. The van der Waals surface area contributed by atoms with Crippen molar-refractivity contribution >= 4 is 39.0 Å². The minimum absolute atomic E-state index is 0.00983. The Kier molecular flexibility index (Phi) is 7.09. The number of pyridine rings is 1. The van der Waals surface area contributed by atoms with Crippen LogP contribution in [-0.4, -0.2) is 48.6 Å². The second-order valence-electron chi connectivity index (χ2n) is 7.84. The van der Waals surface area contributed by atoms with E-state index in [1.165, 1.54) is 0 Å². The maximum Gasteiger partial charge on any atom is 0.252 e. The minimum atomic E-state index is -0.128. The van der Waals surface area contributed by atoms with E-state index in [1.54, 1.807) is 36.7 Å². The number of nitrogens with zero attached hydrogens (tertiary/aromatic N) is 2. The number of hydrogen-bond acceptors (Lipinski definition) is 6. The number of amides is 1. The normalized spacial score (nSPS) is 16.4. The molecule has 7 nitrogen and oxygen atoms in total. The number of rotatable bonds is 7. The first-order valence-electron chi connectivity index (χ1n) is 10.5. The molecule has 0 radical (unpaired) electrons. The van der Waals surface area contributed by atoms with Gasteiger partial charge in [0, 0.05) is 22.8 Å². The summed E-state index contributed by atoms with van der Waals surface area (Å²) in [4.78, 5) is 33.5.